The van der Waals surface area contributed by atoms with Crippen molar-refractivity contribution in [2.75, 3.05) is 25.5 Å². The van der Waals surface area contributed by atoms with E-state index in [1.807, 2.05) is 24.3 Å². The number of hydrogen-bond acceptors (Lipinski definition) is 5. The van der Waals surface area contributed by atoms with Gasteiger partial charge in [0, 0.05) is 25.1 Å². The maximum atomic E-state index is 13.2. The molecule has 0 aliphatic carbocycles. The van der Waals surface area contributed by atoms with Crippen molar-refractivity contribution in [1.82, 2.24) is 4.31 Å². The van der Waals surface area contributed by atoms with Gasteiger partial charge >= 0.3 is 0 Å². The summed E-state index contributed by atoms with van der Waals surface area (Å²) < 4.78 is 27.9. The zero-order valence-electron chi connectivity index (χ0n) is 19.3. The van der Waals surface area contributed by atoms with Crippen LogP contribution in [0.3, 0.4) is 0 Å². The molecule has 2 aromatic carbocycles. The Labute approximate surface area is 208 Å². The number of primary amides is 1. The van der Waals surface area contributed by atoms with Crippen LogP contribution in [0.4, 0.5) is 5.00 Å². The lowest BCUT2D eigenvalue weighted by molar-refractivity contribution is -0.895. The number of carbonyl (C=O) groups excluding carboxylic acids is 2. The number of rotatable bonds is 5. The van der Waals surface area contributed by atoms with E-state index in [2.05, 4.69) is 12.4 Å². The summed E-state index contributed by atoms with van der Waals surface area (Å²) in [6.45, 7) is 2.42. The van der Waals surface area contributed by atoms with Crippen LogP contribution in [0, 0.1) is 0 Å². The van der Waals surface area contributed by atoms with Gasteiger partial charge in [0.1, 0.15) is 11.5 Å². The van der Waals surface area contributed by atoms with Gasteiger partial charge in [-0.2, -0.15) is 4.31 Å². The number of amides is 2. The Morgan fingerprint density at radius 2 is 1.77 bits per heavy atom. The second kappa shape index (κ2) is 9.19. The van der Waals surface area contributed by atoms with Crippen molar-refractivity contribution < 1.29 is 22.9 Å². The van der Waals surface area contributed by atoms with Crippen LogP contribution in [-0.2, 0) is 36.0 Å². The number of thiophene rings is 1. The first-order valence-corrected chi connectivity index (χ1v) is 13.7. The van der Waals surface area contributed by atoms with E-state index in [1.54, 1.807) is 0 Å². The molecule has 1 atom stereocenters. The molecule has 0 fully saturated rings. The Kier molecular flexibility index (Phi) is 6.22. The summed E-state index contributed by atoms with van der Waals surface area (Å²) in [5.41, 5.74) is 9.43. The highest BCUT2D eigenvalue weighted by atomic mass is 32.2. The van der Waals surface area contributed by atoms with Crippen LogP contribution in [0.25, 0.3) is 0 Å². The summed E-state index contributed by atoms with van der Waals surface area (Å²) in [6, 6.07) is 13.8. The summed E-state index contributed by atoms with van der Waals surface area (Å²) >= 11 is 1.38. The lowest BCUT2D eigenvalue weighted by atomic mass is 10.0. The van der Waals surface area contributed by atoms with Crippen molar-refractivity contribution in [2.45, 2.75) is 30.8 Å². The van der Waals surface area contributed by atoms with Crippen molar-refractivity contribution in [1.29, 1.82) is 0 Å². The molecule has 2 amide bonds. The summed E-state index contributed by atoms with van der Waals surface area (Å²) in [4.78, 5) is 27.6. The van der Waals surface area contributed by atoms with Gasteiger partial charge in [0.05, 0.1) is 28.9 Å². The van der Waals surface area contributed by atoms with Crippen LogP contribution in [0.2, 0.25) is 0 Å². The van der Waals surface area contributed by atoms with Gasteiger partial charge in [-0.3, -0.25) is 9.59 Å². The molecule has 0 saturated heterocycles. The van der Waals surface area contributed by atoms with E-state index in [1.165, 1.54) is 50.4 Å². The molecular weight excluding hydrogens is 484 g/mol. The monoisotopic (exact) mass is 511 g/mol. The number of nitrogens with two attached hydrogens (primary N) is 1. The highest BCUT2D eigenvalue weighted by molar-refractivity contribution is 7.89. The van der Waals surface area contributed by atoms with Gasteiger partial charge in [0.25, 0.3) is 11.8 Å². The van der Waals surface area contributed by atoms with Gasteiger partial charge in [-0.25, -0.2) is 8.42 Å². The highest BCUT2D eigenvalue weighted by Gasteiger charge is 2.30. The van der Waals surface area contributed by atoms with Crippen LogP contribution in [0.5, 0.6) is 0 Å². The first kappa shape index (κ1) is 23.7. The predicted molar refractivity (Wildman–Crippen MR) is 134 cm³/mol. The number of hydrogen-bond donors (Lipinski definition) is 3. The molecule has 0 bridgehead atoms. The molecule has 35 heavy (non-hydrogen) atoms. The molecule has 1 unspecified atom stereocenters. The molecule has 10 heteroatoms. The van der Waals surface area contributed by atoms with Crippen molar-refractivity contribution in [3.05, 3.63) is 81.2 Å². The van der Waals surface area contributed by atoms with Crippen molar-refractivity contribution in [3.8, 4) is 0 Å². The second-order valence-electron chi connectivity index (χ2n) is 9.04. The molecule has 0 radical (unpaired) electrons. The zero-order chi connectivity index (χ0) is 24.7. The third-order valence-electron chi connectivity index (χ3n) is 6.68. The van der Waals surface area contributed by atoms with E-state index < -0.39 is 21.8 Å². The predicted octanol–water partition coefficient (Wildman–Crippen LogP) is 1.42. The minimum absolute atomic E-state index is 0.142. The van der Waals surface area contributed by atoms with Crippen molar-refractivity contribution in [2.24, 2.45) is 5.73 Å². The largest absolute Gasteiger partial charge is 0.365 e. The van der Waals surface area contributed by atoms with E-state index in [4.69, 9.17) is 5.73 Å². The van der Waals surface area contributed by atoms with Crippen molar-refractivity contribution in [3.63, 3.8) is 0 Å². The topological polar surface area (TPSA) is 114 Å². The summed E-state index contributed by atoms with van der Waals surface area (Å²) in [6.07, 6.45) is 1.40. The Balaban J connectivity index is 1.34. The first-order chi connectivity index (χ1) is 16.7. The average molecular weight is 512 g/mol. The minimum atomic E-state index is -3.69. The third-order valence-corrected chi connectivity index (χ3v) is 9.69. The van der Waals surface area contributed by atoms with Gasteiger partial charge in [-0.1, -0.05) is 24.3 Å². The molecule has 2 aliphatic rings. The van der Waals surface area contributed by atoms with Gasteiger partial charge < -0.3 is 16.0 Å². The molecule has 3 aromatic rings. The summed E-state index contributed by atoms with van der Waals surface area (Å²) in [5, 5.41) is 3.27. The van der Waals surface area contributed by atoms with Gasteiger partial charge in [-0.15, -0.1) is 11.3 Å². The third kappa shape index (κ3) is 4.50. The number of fused-ring (bicyclic) bond motifs is 2. The molecule has 0 spiro atoms. The minimum Gasteiger partial charge on any atom is -0.365 e. The smallest absolute Gasteiger partial charge is 0.256 e. The van der Waals surface area contributed by atoms with Crippen LogP contribution in [0.1, 0.15) is 42.3 Å². The maximum absolute atomic E-state index is 13.2. The molecule has 5 rings (SSSR count). The van der Waals surface area contributed by atoms with Crippen molar-refractivity contribution >= 4 is 38.2 Å². The SMILES string of the molecule is C[NH+]1CCc2c(sc(NC(=O)c3ccc(S(=O)(=O)N4CCc5ccccc5C4)cc3)c2C(N)=O)C1. The number of likely N-dealkylation sites (N-methyl/N-ethyl adjacent to an activating group) is 1. The van der Waals surface area contributed by atoms with E-state index in [0.29, 0.717) is 35.6 Å². The second-order valence-corrected chi connectivity index (χ2v) is 12.1. The molecule has 0 saturated carbocycles. The van der Waals surface area contributed by atoms with E-state index >= 15 is 0 Å². The van der Waals surface area contributed by atoms with Gasteiger partial charge in [0.15, 0.2) is 0 Å². The normalized spacial score (nSPS) is 17.9. The molecule has 1 aromatic heterocycles. The number of benzene rings is 2. The fraction of sp³-hybridized carbons (Fsp3) is 0.280. The number of nitrogens with zero attached hydrogens (tertiary/aromatic N) is 1. The molecule has 3 heterocycles. The number of anilines is 1. The number of sulfonamides is 1. The first-order valence-electron chi connectivity index (χ1n) is 11.5. The Morgan fingerprint density at radius 3 is 2.49 bits per heavy atom. The number of quaternary nitrogens is 1. The fourth-order valence-electron chi connectivity index (χ4n) is 4.75. The molecule has 8 nitrogen and oxygen atoms in total. The zero-order valence-corrected chi connectivity index (χ0v) is 21.0. The van der Waals surface area contributed by atoms with Crippen LogP contribution in [0.15, 0.2) is 53.4 Å². The standard InChI is InChI=1S/C25H26N4O4S2/c1-28-12-11-20-21(15-28)34-25(22(20)23(26)30)27-24(31)17-6-8-19(9-7-17)35(32,33)29-13-10-16-4-2-3-5-18(16)14-29/h2-9H,10-15H2,1H3,(H2,26,30)(H,27,31)/p+1. The lowest BCUT2D eigenvalue weighted by Crippen LogP contribution is -3.08. The van der Waals surface area contributed by atoms with Gasteiger partial charge in [-0.05, 0) is 47.4 Å². The van der Waals surface area contributed by atoms with Crippen LogP contribution < -0.4 is 16.0 Å². The fourth-order valence-corrected chi connectivity index (χ4v) is 7.53. The van der Waals surface area contributed by atoms with E-state index in [-0.39, 0.29) is 4.90 Å². The molecule has 2 aliphatic heterocycles. The quantitative estimate of drug-likeness (QED) is 0.481. The Hall–Kier alpha value is -3.05. The van der Waals surface area contributed by atoms with E-state index in [9.17, 15) is 18.0 Å². The molecular formula is C25H27N4O4S2+. The summed E-state index contributed by atoms with van der Waals surface area (Å²) in [7, 11) is -1.60. The number of nitrogens with one attached hydrogen (secondary N) is 2. The number of carbonyl (C=O) groups is 2. The van der Waals surface area contributed by atoms with Crippen LogP contribution >= 0.6 is 11.3 Å². The average Bonchev–Trinajstić information content (AvgIpc) is 3.20. The van der Waals surface area contributed by atoms with E-state index in [0.717, 1.165) is 35.5 Å². The van der Waals surface area contributed by atoms with Gasteiger partial charge in [0.2, 0.25) is 10.0 Å². The molecule has 4 N–H and O–H groups in total. The maximum Gasteiger partial charge on any atom is 0.256 e. The molecule has 182 valence electrons. The summed E-state index contributed by atoms with van der Waals surface area (Å²) in [5.74, 6) is -0.968. The Morgan fingerprint density at radius 1 is 1.06 bits per heavy atom. The Bertz CT molecular complexity index is 1410. The lowest BCUT2D eigenvalue weighted by Gasteiger charge is -2.28. The highest BCUT2D eigenvalue weighted by Crippen LogP contribution is 2.35. The van der Waals surface area contributed by atoms with Crippen LogP contribution in [-0.4, -0.2) is 44.7 Å².